The lowest BCUT2D eigenvalue weighted by molar-refractivity contribution is 0.0956. The van der Waals surface area contributed by atoms with Gasteiger partial charge in [-0.1, -0.05) is 37.5 Å². The maximum Gasteiger partial charge on any atom is 0.272 e. The van der Waals surface area contributed by atoms with E-state index in [4.69, 9.17) is 0 Å². The predicted molar refractivity (Wildman–Crippen MR) is 108 cm³/mol. The number of hydrogen-bond donors (Lipinski definition) is 1. The first kappa shape index (κ1) is 17.3. The molecule has 1 fully saturated rings. The highest BCUT2D eigenvalue weighted by Gasteiger charge is 2.14. The van der Waals surface area contributed by atoms with E-state index >= 15 is 0 Å². The van der Waals surface area contributed by atoms with Crippen molar-refractivity contribution >= 4 is 23.0 Å². The number of rotatable bonds is 4. The Hall–Kier alpha value is -3.08. The molecule has 2 aromatic heterocycles. The lowest BCUT2D eigenvalue weighted by Crippen LogP contribution is -2.20. The fourth-order valence-corrected chi connectivity index (χ4v) is 3.57. The molecule has 0 unspecified atom stereocenters. The van der Waals surface area contributed by atoms with Crippen LogP contribution in [-0.4, -0.2) is 22.1 Å². The Bertz CT molecular complexity index is 962. The van der Waals surface area contributed by atoms with Crippen molar-refractivity contribution in [3.63, 3.8) is 0 Å². The van der Waals surface area contributed by atoms with Gasteiger partial charge in [-0.05, 0) is 43.0 Å². The van der Waals surface area contributed by atoms with E-state index in [-0.39, 0.29) is 5.91 Å². The largest absolute Gasteiger partial charge is 0.272 e. The minimum absolute atomic E-state index is 0.217. The zero-order valence-corrected chi connectivity index (χ0v) is 15.1. The summed E-state index contributed by atoms with van der Waals surface area (Å²) < 4.78 is 0. The van der Waals surface area contributed by atoms with Crippen LogP contribution in [0.25, 0.3) is 22.2 Å². The van der Waals surface area contributed by atoms with E-state index in [1.807, 2.05) is 48.7 Å². The van der Waals surface area contributed by atoms with E-state index < -0.39 is 0 Å². The average molecular weight is 358 g/mol. The van der Waals surface area contributed by atoms with Crippen LogP contribution in [0, 0.1) is 5.92 Å². The van der Waals surface area contributed by atoms with Crippen molar-refractivity contribution in [2.75, 3.05) is 0 Å². The molecule has 3 aromatic rings. The highest BCUT2D eigenvalue weighted by molar-refractivity contribution is 6.07. The Morgan fingerprint density at radius 2 is 1.96 bits per heavy atom. The van der Waals surface area contributed by atoms with Crippen molar-refractivity contribution in [1.29, 1.82) is 0 Å². The minimum Gasteiger partial charge on any atom is -0.267 e. The van der Waals surface area contributed by atoms with Gasteiger partial charge in [0.15, 0.2) is 0 Å². The minimum atomic E-state index is -0.217. The van der Waals surface area contributed by atoms with Gasteiger partial charge >= 0.3 is 0 Å². The van der Waals surface area contributed by atoms with Crippen molar-refractivity contribution in [3.05, 3.63) is 60.4 Å². The predicted octanol–water partition coefficient (Wildman–Crippen LogP) is 4.59. The molecule has 0 saturated heterocycles. The summed E-state index contributed by atoms with van der Waals surface area (Å²) in [6.45, 7) is 0. The Kier molecular flexibility index (Phi) is 5.19. The van der Waals surface area contributed by atoms with Crippen LogP contribution < -0.4 is 5.43 Å². The van der Waals surface area contributed by atoms with E-state index in [1.54, 1.807) is 12.4 Å². The van der Waals surface area contributed by atoms with Crippen molar-refractivity contribution in [1.82, 2.24) is 15.4 Å². The zero-order chi connectivity index (χ0) is 18.5. The van der Waals surface area contributed by atoms with Gasteiger partial charge in [0.25, 0.3) is 5.91 Å². The number of carbonyl (C=O) groups excluding carboxylic acids is 1. The van der Waals surface area contributed by atoms with Crippen LogP contribution in [0.3, 0.4) is 0 Å². The molecule has 1 N–H and O–H groups in total. The molecule has 0 spiro atoms. The summed E-state index contributed by atoms with van der Waals surface area (Å²) >= 11 is 0. The summed E-state index contributed by atoms with van der Waals surface area (Å²) in [4.78, 5) is 21.7. The van der Waals surface area contributed by atoms with Gasteiger partial charge in [-0.3, -0.25) is 9.78 Å². The molecule has 1 aromatic carbocycles. The van der Waals surface area contributed by atoms with Gasteiger partial charge in [0.2, 0.25) is 0 Å². The number of pyridine rings is 2. The van der Waals surface area contributed by atoms with Crippen LogP contribution in [0.1, 0.15) is 42.5 Å². The first-order valence-corrected chi connectivity index (χ1v) is 9.45. The smallest absolute Gasteiger partial charge is 0.267 e. The van der Waals surface area contributed by atoms with Crippen LogP contribution >= 0.6 is 0 Å². The van der Waals surface area contributed by atoms with E-state index in [0.717, 1.165) is 35.0 Å². The Balaban J connectivity index is 1.63. The molecule has 0 atom stereocenters. The standard InChI is InChI=1S/C22H22N4O/c27-22(26-24-14-16-7-2-1-3-8-16)19-13-21(17-9-6-12-23-15-17)25-20-11-5-4-10-18(19)20/h4-6,9-16H,1-3,7-8H2,(H,26,27)/b24-14-. The van der Waals surface area contributed by atoms with Crippen molar-refractivity contribution < 1.29 is 4.79 Å². The Morgan fingerprint density at radius 1 is 1.11 bits per heavy atom. The first-order chi connectivity index (χ1) is 13.3. The highest BCUT2D eigenvalue weighted by Crippen LogP contribution is 2.25. The number of benzene rings is 1. The monoisotopic (exact) mass is 358 g/mol. The van der Waals surface area contributed by atoms with Crippen molar-refractivity contribution in [2.45, 2.75) is 32.1 Å². The number of carbonyl (C=O) groups is 1. The molecule has 0 radical (unpaired) electrons. The molecule has 1 amide bonds. The fraction of sp³-hybridized carbons (Fsp3) is 0.273. The second kappa shape index (κ2) is 8.08. The van der Waals surface area contributed by atoms with Gasteiger partial charge in [-0.2, -0.15) is 5.10 Å². The lowest BCUT2D eigenvalue weighted by atomic mass is 9.90. The number of para-hydroxylation sites is 1. The number of aromatic nitrogens is 2. The molecule has 1 saturated carbocycles. The third-order valence-electron chi connectivity index (χ3n) is 5.02. The van der Waals surface area contributed by atoms with Gasteiger partial charge in [-0.15, -0.1) is 0 Å². The summed E-state index contributed by atoms with van der Waals surface area (Å²) in [7, 11) is 0. The molecule has 0 bridgehead atoms. The SMILES string of the molecule is O=C(N/N=C\C1CCCCC1)c1cc(-c2cccnc2)nc2ccccc12. The lowest BCUT2D eigenvalue weighted by Gasteiger charge is -2.16. The number of nitrogens with zero attached hydrogens (tertiary/aromatic N) is 3. The summed E-state index contributed by atoms with van der Waals surface area (Å²) in [6.07, 6.45) is 11.5. The number of hydrogen-bond acceptors (Lipinski definition) is 4. The maximum atomic E-state index is 12.8. The topological polar surface area (TPSA) is 67.2 Å². The number of nitrogens with one attached hydrogen (secondary N) is 1. The van der Waals surface area contributed by atoms with E-state index in [2.05, 4.69) is 20.5 Å². The number of amides is 1. The molecule has 5 heteroatoms. The third kappa shape index (κ3) is 4.03. The molecule has 1 aliphatic rings. The van der Waals surface area contributed by atoms with Gasteiger partial charge < -0.3 is 0 Å². The van der Waals surface area contributed by atoms with Gasteiger partial charge in [0.1, 0.15) is 0 Å². The molecular formula is C22H22N4O. The normalized spacial score (nSPS) is 15.3. The third-order valence-corrected chi connectivity index (χ3v) is 5.02. The summed E-state index contributed by atoms with van der Waals surface area (Å²) in [5.74, 6) is 0.255. The summed E-state index contributed by atoms with van der Waals surface area (Å²) in [5, 5.41) is 5.04. The van der Waals surface area contributed by atoms with Crippen LogP contribution in [0.2, 0.25) is 0 Å². The Labute approximate surface area is 158 Å². The zero-order valence-electron chi connectivity index (χ0n) is 15.1. The first-order valence-electron chi connectivity index (χ1n) is 9.45. The van der Waals surface area contributed by atoms with Crippen LogP contribution in [0.15, 0.2) is 60.0 Å². The summed E-state index contributed by atoms with van der Waals surface area (Å²) in [5.41, 5.74) is 5.65. The molecule has 2 heterocycles. The van der Waals surface area contributed by atoms with Crippen LogP contribution in [-0.2, 0) is 0 Å². The second-order valence-corrected chi connectivity index (χ2v) is 6.93. The van der Waals surface area contributed by atoms with Crippen LogP contribution in [0.4, 0.5) is 0 Å². The molecule has 136 valence electrons. The molecule has 27 heavy (non-hydrogen) atoms. The van der Waals surface area contributed by atoms with E-state index in [1.165, 1.54) is 19.3 Å². The molecule has 0 aliphatic heterocycles. The quantitative estimate of drug-likeness (QED) is 0.548. The van der Waals surface area contributed by atoms with E-state index in [0.29, 0.717) is 11.5 Å². The number of hydrazone groups is 1. The van der Waals surface area contributed by atoms with Crippen LogP contribution in [0.5, 0.6) is 0 Å². The van der Waals surface area contributed by atoms with Gasteiger partial charge in [-0.25, -0.2) is 10.4 Å². The maximum absolute atomic E-state index is 12.8. The van der Waals surface area contributed by atoms with Gasteiger partial charge in [0.05, 0.1) is 16.8 Å². The summed E-state index contributed by atoms with van der Waals surface area (Å²) in [6, 6.07) is 13.3. The van der Waals surface area contributed by atoms with Gasteiger partial charge in [0, 0.05) is 29.6 Å². The highest BCUT2D eigenvalue weighted by atomic mass is 16.2. The molecular weight excluding hydrogens is 336 g/mol. The van der Waals surface area contributed by atoms with E-state index in [9.17, 15) is 4.79 Å². The number of fused-ring (bicyclic) bond motifs is 1. The second-order valence-electron chi connectivity index (χ2n) is 6.93. The fourth-order valence-electron chi connectivity index (χ4n) is 3.57. The average Bonchev–Trinajstić information content (AvgIpc) is 2.74. The Morgan fingerprint density at radius 3 is 2.78 bits per heavy atom. The molecule has 1 aliphatic carbocycles. The molecule has 4 rings (SSSR count). The van der Waals surface area contributed by atoms with Crippen molar-refractivity contribution in [2.24, 2.45) is 11.0 Å². The van der Waals surface area contributed by atoms with Crippen molar-refractivity contribution in [3.8, 4) is 11.3 Å². The molecule has 5 nitrogen and oxygen atoms in total.